The van der Waals surface area contributed by atoms with Gasteiger partial charge in [0.2, 0.25) is 5.91 Å². The molecule has 1 aliphatic heterocycles. The summed E-state index contributed by atoms with van der Waals surface area (Å²) in [5, 5.41) is 0.913. The standard InChI is InChI=1S/C25H32N2O5/c1-6-17-12-13-21(28)26(22(17)23(29)31-7-2)15-14-18-16-27(24(30)32-25(3,4)5)20-11-9-8-10-19(18)20/h6,8-11,16-17,22H,1,7,12-15H2,2-5H3/t17-,22-/m1/s1. The Morgan fingerprint density at radius 1 is 1.25 bits per heavy atom. The van der Waals surface area contributed by atoms with Gasteiger partial charge < -0.3 is 14.4 Å². The number of nitrogens with zero attached hydrogens (tertiary/aromatic N) is 2. The van der Waals surface area contributed by atoms with Crippen LogP contribution >= 0.6 is 0 Å². The zero-order chi connectivity index (χ0) is 23.5. The number of hydrogen-bond acceptors (Lipinski definition) is 5. The number of carbonyl (C=O) groups is 3. The molecule has 1 amide bonds. The Kier molecular flexibility index (Phi) is 7.06. The first-order valence-corrected chi connectivity index (χ1v) is 11.1. The fourth-order valence-electron chi connectivity index (χ4n) is 4.17. The van der Waals surface area contributed by atoms with E-state index in [0.29, 0.717) is 25.8 Å². The van der Waals surface area contributed by atoms with Crippen LogP contribution in [0.2, 0.25) is 0 Å². The number of fused-ring (bicyclic) bond motifs is 1. The molecule has 2 heterocycles. The van der Waals surface area contributed by atoms with Crippen molar-refractivity contribution in [2.45, 2.75) is 58.6 Å². The Labute approximate surface area is 189 Å². The van der Waals surface area contributed by atoms with Gasteiger partial charge in [-0.05, 0) is 52.2 Å². The molecular formula is C25H32N2O5. The third-order valence-electron chi connectivity index (χ3n) is 5.59. The first-order valence-electron chi connectivity index (χ1n) is 11.1. The largest absolute Gasteiger partial charge is 0.464 e. The van der Waals surface area contributed by atoms with E-state index in [1.807, 2.05) is 45.0 Å². The van der Waals surface area contributed by atoms with Gasteiger partial charge in [-0.1, -0.05) is 24.3 Å². The number of hydrogen-bond donors (Lipinski definition) is 0. The van der Waals surface area contributed by atoms with Crippen molar-refractivity contribution >= 4 is 28.9 Å². The third kappa shape index (κ3) is 5.03. The Morgan fingerprint density at radius 2 is 1.97 bits per heavy atom. The van der Waals surface area contributed by atoms with E-state index in [-0.39, 0.29) is 18.4 Å². The lowest BCUT2D eigenvalue weighted by Crippen LogP contribution is -2.53. The number of para-hydroxylation sites is 1. The number of benzene rings is 1. The smallest absolute Gasteiger partial charge is 0.419 e. The van der Waals surface area contributed by atoms with Crippen LogP contribution in [0.4, 0.5) is 4.79 Å². The summed E-state index contributed by atoms with van der Waals surface area (Å²) in [6.45, 7) is 11.7. The second kappa shape index (κ2) is 9.59. The van der Waals surface area contributed by atoms with E-state index in [4.69, 9.17) is 9.47 Å². The van der Waals surface area contributed by atoms with E-state index >= 15 is 0 Å². The minimum Gasteiger partial charge on any atom is -0.464 e. The van der Waals surface area contributed by atoms with Crippen molar-refractivity contribution in [1.29, 1.82) is 0 Å². The number of likely N-dealkylation sites (tertiary alicyclic amines) is 1. The number of rotatable bonds is 6. The first-order chi connectivity index (χ1) is 15.2. The molecule has 1 aromatic carbocycles. The molecule has 0 aliphatic carbocycles. The average molecular weight is 441 g/mol. The predicted octanol–water partition coefficient (Wildman–Crippen LogP) is 4.32. The Balaban J connectivity index is 1.88. The Bertz CT molecular complexity index is 1020. The van der Waals surface area contributed by atoms with Crippen LogP contribution in [0.3, 0.4) is 0 Å². The zero-order valence-corrected chi connectivity index (χ0v) is 19.3. The molecule has 3 rings (SSSR count). The van der Waals surface area contributed by atoms with Crippen molar-refractivity contribution in [3.63, 3.8) is 0 Å². The van der Waals surface area contributed by atoms with E-state index in [0.717, 1.165) is 16.5 Å². The summed E-state index contributed by atoms with van der Waals surface area (Å²) in [4.78, 5) is 39.7. The normalized spacial score (nSPS) is 19.1. The van der Waals surface area contributed by atoms with Gasteiger partial charge in [0.15, 0.2) is 0 Å². The molecule has 7 nitrogen and oxygen atoms in total. The summed E-state index contributed by atoms with van der Waals surface area (Å²) >= 11 is 0. The molecular weight excluding hydrogens is 408 g/mol. The van der Waals surface area contributed by atoms with Crippen molar-refractivity contribution in [2.24, 2.45) is 5.92 Å². The van der Waals surface area contributed by atoms with Gasteiger partial charge in [-0.3, -0.25) is 9.36 Å². The maximum Gasteiger partial charge on any atom is 0.419 e. The van der Waals surface area contributed by atoms with Crippen LogP contribution in [0, 0.1) is 5.92 Å². The molecule has 1 aliphatic rings. The lowest BCUT2D eigenvalue weighted by Gasteiger charge is -2.38. The molecule has 1 saturated heterocycles. The Morgan fingerprint density at radius 3 is 2.62 bits per heavy atom. The number of aromatic nitrogens is 1. The summed E-state index contributed by atoms with van der Waals surface area (Å²) in [7, 11) is 0. The Hall–Kier alpha value is -3.09. The zero-order valence-electron chi connectivity index (χ0n) is 19.3. The first kappa shape index (κ1) is 23.6. The number of piperidine rings is 1. The summed E-state index contributed by atoms with van der Waals surface area (Å²) in [6, 6.07) is 6.91. The number of amides is 1. The van der Waals surface area contributed by atoms with Crippen LogP contribution < -0.4 is 0 Å². The molecule has 0 bridgehead atoms. The highest BCUT2D eigenvalue weighted by molar-refractivity contribution is 5.92. The predicted molar refractivity (Wildman–Crippen MR) is 122 cm³/mol. The van der Waals surface area contributed by atoms with Crippen LogP contribution in [0.25, 0.3) is 10.9 Å². The van der Waals surface area contributed by atoms with E-state index in [1.54, 1.807) is 24.1 Å². The topological polar surface area (TPSA) is 77.8 Å². The maximum absolute atomic E-state index is 12.7. The molecule has 2 aromatic rings. The monoisotopic (exact) mass is 440 g/mol. The van der Waals surface area contributed by atoms with Gasteiger partial charge in [0.05, 0.1) is 12.1 Å². The van der Waals surface area contributed by atoms with Crippen molar-refractivity contribution in [3.8, 4) is 0 Å². The lowest BCUT2D eigenvalue weighted by atomic mass is 9.88. The van der Waals surface area contributed by atoms with E-state index in [2.05, 4.69) is 6.58 Å². The van der Waals surface area contributed by atoms with Crippen LogP contribution in [0.5, 0.6) is 0 Å². The maximum atomic E-state index is 12.7. The van der Waals surface area contributed by atoms with Gasteiger partial charge in [0.1, 0.15) is 11.6 Å². The second-order valence-corrected chi connectivity index (χ2v) is 8.99. The molecule has 0 radical (unpaired) electrons. The highest BCUT2D eigenvalue weighted by Gasteiger charge is 2.40. The minimum atomic E-state index is -0.673. The molecule has 0 N–H and O–H groups in total. The molecule has 7 heteroatoms. The quantitative estimate of drug-likeness (QED) is 0.494. The third-order valence-corrected chi connectivity index (χ3v) is 5.59. The SMILES string of the molecule is C=C[C@@H]1CCC(=O)N(CCc2cn(C(=O)OC(C)(C)C)c3ccccc23)[C@H]1C(=O)OCC. The van der Waals surface area contributed by atoms with Crippen LogP contribution in [-0.2, 0) is 25.5 Å². The van der Waals surface area contributed by atoms with Crippen LogP contribution in [-0.4, -0.2) is 52.2 Å². The summed E-state index contributed by atoms with van der Waals surface area (Å²) < 4.78 is 12.3. The molecule has 1 fully saturated rings. The highest BCUT2D eigenvalue weighted by Crippen LogP contribution is 2.28. The van der Waals surface area contributed by atoms with Crippen LogP contribution in [0.15, 0.2) is 43.1 Å². The van der Waals surface area contributed by atoms with Crippen molar-refractivity contribution < 1.29 is 23.9 Å². The molecule has 2 atom stereocenters. The fourth-order valence-corrected chi connectivity index (χ4v) is 4.17. The average Bonchev–Trinajstić information content (AvgIpc) is 3.10. The molecule has 172 valence electrons. The lowest BCUT2D eigenvalue weighted by molar-refractivity contribution is -0.159. The van der Waals surface area contributed by atoms with Crippen LogP contribution in [0.1, 0.15) is 46.1 Å². The van der Waals surface area contributed by atoms with Gasteiger partial charge in [-0.2, -0.15) is 0 Å². The van der Waals surface area contributed by atoms with Gasteiger partial charge in [-0.15, -0.1) is 6.58 Å². The van der Waals surface area contributed by atoms with Gasteiger partial charge in [0.25, 0.3) is 0 Å². The van der Waals surface area contributed by atoms with Crippen molar-refractivity contribution in [2.75, 3.05) is 13.2 Å². The van der Waals surface area contributed by atoms with Gasteiger partial charge >= 0.3 is 12.1 Å². The van der Waals surface area contributed by atoms with E-state index in [1.165, 1.54) is 4.57 Å². The van der Waals surface area contributed by atoms with E-state index < -0.39 is 23.7 Å². The number of carbonyl (C=O) groups excluding carboxylic acids is 3. The fraction of sp³-hybridized carbons (Fsp3) is 0.480. The molecule has 32 heavy (non-hydrogen) atoms. The number of ether oxygens (including phenoxy) is 2. The number of esters is 1. The van der Waals surface area contributed by atoms with Gasteiger partial charge in [-0.25, -0.2) is 9.59 Å². The van der Waals surface area contributed by atoms with Crippen molar-refractivity contribution in [3.05, 3.63) is 48.7 Å². The summed E-state index contributed by atoms with van der Waals surface area (Å²) in [5.74, 6) is -0.617. The molecule has 0 spiro atoms. The van der Waals surface area contributed by atoms with Crippen molar-refractivity contribution in [1.82, 2.24) is 9.47 Å². The molecule has 0 unspecified atom stereocenters. The molecule has 0 saturated carbocycles. The molecule has 1 aromatic heterocycles. The minimum absolute atomic E-state index is 0.0722. The second-order valence-electron chi connectivity index (χ2n) is 8.99. The van der Waals surface area contributed by atoms with Gasteiger partial charge in [0, 0.05) is 30.5 Å². The highest BCUT2D eigenvalue weighted by atomic mass is 16.6. The summed E-state index contributed by atoms with van der Waals surface area (Å²) in [6.07, 6.45) is 4.48. The summed E-state index contributed by atoms with van der Waals surface area (Å²) in [5.41, 5.74) is 1.03. The van der Waals surface area contributed by atoms with E-state index in [9.17, 15) is 14.4 Å².